The van der Waals surface area contributed by atoms with Crippen molar-refractivity contribution in [1.82, 2.24) is 9.80 Å². The van der Waals surface area contributed by atoms with E-state index in [0.29, 0.717) is 12.0 Å². The van der Waals surface area contributed by atoms with Crippen LogP contribution in [0.4, 0.5) is 5.69 Å². The SMILES string of the molecule is CC(C)C(CN(C)C)N1Cc2ccc(N)cc2C1. The summed E-state index contributed by atoms with van der Waals surface area (Å²) >= 11 is 0. The van der Waals surface area contributed by atoms with Gasteiger partial charge >= 0.3 is 0 Å². The van der Waals surface area contributed by atoms with Crippen molar-refractivity contribution in [2.24, 2.45) is 5.92 Å². The molecule has 2 rings (SSSR count). The Balaban J connectivity index is 2.12. The summed E-state index contributed by atoms with van der Waals surface area (Å²) < 4.78 is 0. The molecule has 0 radical (unpaired) electrons. The maximum Gasteiger partial charge on any atom is 0.0317 e. The minimum absolute atomic E-state index is 0.605. The summed E-state index contributed by atoms with van der Waals surface area (Å²) in [7, 11) is 4.30. The number of hydrogen-bond acceptors (Lipinski definition) is 3. The van der Waals surface area contributed by atoms with Crippen molar-refractivity contribution in [1.29, 1.82) is 0 Å². The van der Waals surface area contributed by atoms with Crippen LogP contribution in [0.1, 0.15) is 25.0 Å². The lowest BCUT2D eigenvalue weighted by molar-refractivity contribution is 0.124. The third-order valence-electron chi connectivity index (χ3n) is 3.77. The van der Waals surface area contributed by atoms with Gasteiger partial charge in [-0.1, -0.05) is 19.9 Å². The molecule has 3 heteroatoms. The molecule has 1 aliphatic rings. The fourth-order valence-electron chi connectivity index (χ4n) is 2.80. The van der Waals surface area contributed by atoms with Crippen LogP contribution in [-0.2, 0) is 13.1 Å². The fourth-order valence-corrected chi connectivity index (χ4v) is 2.80. The van der Waals surface area contributed by atoms with Gasteiger partial charge in [0, 0.05) is 31.4 Å². The molecule has 18 heavy (non-hydrogen) atoms. The second-order valence-corrected chi connectivity index (χ2v) is 6.01. The van der Waals surface area contributed by atoms with E-state index >= 15 is 0 Å². The second-order valence-electron chi connectivity index (χ2n) is 6.01. The van der Waals surface area contributed by atoms with Gasteiger partial charge in [-0.15, -0.1) is 0 Å². The summed E-state index contributed by atoms with van der Waals surface area (Å²) in [5.41, 5.74) is 9.59. The number of anilines is 1. The van der Waals surface area contributed by atoms with Crippen molar-refractivity contribution in [2.45, 2.75) is 33.0 Å². The van der Waals surface area contributed by atoms with Gasteiger partial charge in [-0.3, -0.25) is 4.90 Å². The Labute approximate surface area is 111 Å². The monoisotopic (exact) mass is 247 g/mol. The van der Waals surface area contributed by atoms with Crippen LogP contribution in [-0.4, -0.2) is 36.5 Å². The van der Waals surface area contributed by atoms with Crippen molar-refractivity contribution >= 4 is 5.69 Å². The van der Waals surface area contributed by atoms with Gasteiger partial charge < -0.3 is 10.6 Å². The van der Waals surface area contributed by atoms with E-state index in [2.05, 4.69) is 49.9 Å². The molecule has 1 heterocycles. The fraction of sp³-hybridized carbons (Fsp3) is 0.600. The van der Waals surface area contributed by atoms with Gasteiger partial charge in [0.15, 0.2) is 0 Å². The van der Waals surface area contributed by atoms with Crippen LogP contribution in [0.25, 0.3) is 0 Å². The van der Waals surface area contributed by atoms with Gasteiger partial charge in [-0.25, -0.2) is 0 Å². The Hall–Kier alpha value is -1.06. The van der Waals surface area contributed by atoms with Gasteiger partial charge in [0.1, 0.15) is 0 Å². The number of nitrogen functional groups attached to an aromatic ring is 1. The molecule has 1 atom stereocenters. The summed E-state index contributed by atoms with van der Waals surface area (Å²) in [6.45, 7) is 7.83. The van der Waals surface area contributed by atoms with E-state index in [1.165, 1.54) is 11.1 Å². The van der Waals surface area contributed by atoms with Crippen LogP contribution < -0.4 is 5.73 Å². The summed E-state index contributed by atoms with van der Waals surface area (Å²) in [5.74, 6) is 0.666. The molecule has 1 aromatic carbocycles. The van der Waals surface area contributed by atoms with E-state index in [4.69, 9.17) is 5.73 Å². The highest BCUT2D eigenvalue weighted by atomic mass is 15.2. The van der Waals surface area contributed by atoms with Crippen molar-refractivity contribution in [3.8, 4) is 0 Å². The van der Waals surface area contributed by atoms with E-state index in [1.807, 2.05) is 6.07 Å². The topological polar surface area (TPSA) is 32.5 Å². The first-order valence-electron chi connectivity index (χ1n) is 6.73. The molecule has 100 valence electrons. The molecule has 1 unspecified atom stereocenters. The second kappa shape index (κ2) is 5.29. The maximum atomic E-state index is 5.87. The van der Waals surface area contributed by atoms with Gasteiger partial charge in [0.2, 0.25) is 0 Å². The molecule has 3 nitrogen and oxygen atoms in total. The van der Waals surface area contributed by atoms with Crippen molar-refractivity contribution < 1.29 is 0 Å². The van der Waals surface area contributed by atoms with E-state index in [1.54, 1.807) is 0 Å². The van der Waals surface area contributed by atoms with Gasteiger partial charge in [0.05, 0.1) is 0 Å². The number of likely N-dealkylation sites (N-methyl/N-ethyl adjacent to an activating group) is 1. The molecule has 2 N–H and O–H groups in total. The standard InChI is InChI=1S/C15H25N3/c1-11(2)15(10-17(3)4)18-8-12-5-6-14(16)7-13(12)9-18/h5-7,11,15H,8-10,16H2,1-4H3. The minimum atomic E-state index is 0.605. The highest BCUT2D eigenvalue weighted by Crippen LogP contribution is 2.28. The largest absolute Gasteiger partial charge is 0.399 e. The Morgan fingerprint density at radius 1 is 1.22 bits per heavy atom. The first-order chi connectivity index (χ1) is 8.47. The Kier molecular flexibility index (Phi) is 3.93. The van der Waals surface area contributed by atoms with Gasteiger partial charge in [-0.05, 0) is 43.3 Å². The average molecular weight is 247 g/mol. The number of nitrogens with zero attached hydrogens (tertiary/aromatic N) is 2. The van der Waals surface area contributed by atoms with Crippen LogP contribution >= 0.6 is 0 Å². The molecular formula is C15H25N3. The minimum Gasteiger partial charge on any atom is -0.399 e. The lowest BCUT2D eigenvalue weighted by Crippen LogP contribution is -2.42. The number of hydrogen-bond donors (Lipinski definition) is 1. The summed E-state index contributed by atoms with van der Waals surface area (Å²) in [5, 5.41) is 0. The number of nitrogens with two attached hydrogens (primary N) is 1. The molecule has 0 aliphatic carbocycles. The molecule has 0 saturated carbocycles. The molecule has 0 fully saturated rings. The Bertz CT molecular complexity index is 412. The maximum absolute atomic E-state index is 5.87. The van der Waals surface area contributed by atoms with Crippen LogP contribution in [0, 0.1) is 5.92 Å². The molecule has 0 saturated heterocycles. The van der Waals surface area contributed by atoms with Crippen LogP contribution in [0.3, 0.4) is 0 Å². The number of rotatable bonds is 4. The van der Waals surface area contributed by atoms with Crippen LogP contribution in [0.2, 0.25) is 0 Å². The first-order valence-corrected chi connectivity index (χ1v) is 6.73. The highest BCUT2D eigenvalue weighted by Gasteiger charge is 2.28. The van der Waals surface area contributed by atoms with E-state index in [-0.39, 0.29) is 0 Å². The first kappa shape index (κ1) is 13.4. The van der Waals surface area contributed by atoms with Crippen molar-refractivity contribution in [3.63, 3.8) is 0 Å². The van der Waals surface area contributed by atoms with E-state index in [0.717, 1.165) is 25.3 Å². The highest BCUT2D eigenvalue weighted by molar-refractivity contribution is 5.46. The molecule has 0 bridgehead atoms. The zero-order valence-corrected chi connectivity index (χ0v) is 12.0. The van der Waals surface area contributed by atoms with E-state index < -0.39 is 0 Å². The normalized spacial score (nSPS) is 17.4. The molecule has 0 spiro atoms. The number of benzene rings is 1. The zero-order chi connectivity index (χ0) is 13.3. The van der Waals surface area contributed by atoms with Gasteiger partial charge in [-0.2, -0.15) is 0 Å². The average Bonchev–Trinajstić information content (AvgIpc) is 2.67. The third-order valence-corrected chi connectivity index (χ3v) is 3.77. The predicted octanol–water partition coefficient (Wildman–Crippen LogP) is 2.17. The zero-order valence-electron chi connectivity index (χ0n) is 12.0. The van der Waals surface area contributed by atoms with Crippen molar-refractivity contribution in [2.75, 3.05) is 26.4 Å². The third kappa shape index (κ3) is 2.85. The molecule has 1 aliphatic heterocycles. The lowest BCUT2D eigenvalue weighted by Gasteiger charge is -2.33. The number of fused-ring (bicyclic) bond motifs is 1. The predicted molar refractivity (Wildman–Crippen MR) is 77.3 cm³/mol. The summed E-state index contributed by atoms with van der Waals surface area (Å²) in [6, 6.07) is 6.92. The van der Waals surface area contributed by atoms with E-state index in [9.17, 15) is 0 Å². The molecule has 1 aromatic rings. The smallest absolute Gasteiger partial charge is 0.0317 e. The van der Waals surface area contributed by atoms with Crippen LogP contribution in [0.5, 0.6) is 0 Å². The summed E-state index contributed by atoms with van der Waals surface area (Å²) in [6.07, 6.45) is 0. The quantitative estimate of drug-likeness (QED) is 0.828. The summed E-state index contributed by atoms with van der Waals surface area (Å²) in [4.78, 5) is 4.86. The Morgan fingerprint density at radius 2 is 1.89 bits per heavy atom. The van der Waals surface area contributed by atoms with Crippen molar-refractivity contribution in [3.05, 3.63) is 29.3 Å². The van der Waals surface area contributed by atoms with Gasteiger partial charge in [0.25, 0.3) is 0 Å². The van der Waals surface area contributed by atoms with Crippen LogP contribution in [0.15, 0.2) is 18.2 Å². The lowest BCUT2D eigenvalue weighted by atomic mass is 10.0. The molecule has 0 aromatic heterocycles. The molecule has 0 amide bonds. The molecular weight excluding hydrogens is 222 g/mol. The Morgan fingerprint density at radius 3 is 2.50 bits per heavy atom.